The second-order valence-corrected chi connectivity index (χ2v) is 6.63. The van der Waals surface area contributed by atoms with Crippen molar-refractivity contribution in [3.8, 4) is 17.2 Å². The second kappa shape index (κ2) is 7.75. The molecule has 0 bridgehead atoms. The third-order valence-electron chi connectivity index (χ3n) is 4.22. The van der Waals surface area contributed by atoms with Crippen LogP contribution < -0.4 is 10.6 Å². The van der Waals surface area contributed by atoms with Gasteiger partial charge in [-0.15, -0.1) is 0 Å². The number of oxazole rings is 1. The van der Waals surface area contributed by atoms with Gasteiger partial charge in [0.25, 0.3) is 0 Å². The SMILES string of the molecule is CCC(=O)NC(=S)Nc1cc(C)c(O)c(-c2nc3cc(CC)ccc3o2)c1. The molecule has 0 fully saturated rings. The highest BCUT2D eigenvalue weighted by Gasteiger charge is 2.16. The molecule has 1 aromatic heterocycles. The van der Waals surface area contributed by atoms with E-state index in [1.807, 2.05) is 18.2 Å². The molecule has 27 heavy (non-hydrogen) atoms. The summed E-state index contributed by atoms with van der Waals surface area (Å²) in [6.07, 6.45) is 1.24. The molecular weight excluding hydrogens is 362 g/mol. The lowest BCUT2D eigenvalue weighted by molar-refractivity contribution is -0.119. The van der Waals surface area contributed by atoms with E-state index in [1.165, 1.54) is 0 Å². The molecule has 0 aliphatic carbocycles. The van der Waals surface area contributed by atoms with E-state index < -0.39 is 0 Å². The van der Waals surface area contributed by atoms with Crippen molar-refractivity contribution in [3.05, 3.63) is 41.5 Å². The topological polar surface area (TPSA) is 87.4 Å². The van der Waals surface area contributed by atoms with Crippen LogP contribution in [0.25, 0.3) is 22.6 Å². The molecule has 0 unspecified atom stereocenters. The van der Waals surface area contributed by atoms with Gasteiger partial charge in [-0.25, -0.2) is 4.98 Å². The molecule has 3 rings (SSSR count). The molecule has 0 radical (unpaired) electrons. The number of aryl methyl sites for hydroxylation is 2. The Morgan fingerprint density at radius 3 is 2.74 bits per heavy atom. The van der Waals surface area contributed by atoms with Crippen LogP contribution >= 0.6 is 12.2 Å². The number of rotatable bonds is 4. The zero-order valence-corrected chi connectivity index (χ0v) is 16.2. The summed E-state index contributed by atoms with van der Waals surface area (Å²) in [6, 6.07) is 9.28. The van der Waals surface area contributed by atoms with Crippen LogP contribution in [0.2, 0.25) is 0 Å². The van der Waals surface area contributed by atoms with E-state index in [0.29, 0.717) is 34.7 Å². The first-order valence-electron chi connectivity index (χ1n) is 8.75. The third kappa shape index (κ3) is 4.09. The fourth-order valence-corrected chi connectivity index (χ4v) is 2.93. The highest BCUT2D eigenvalue weighted by Crippen LogP contribution is 2.36. The van der Waals surface area contributed by atoms with Gasteiger partial charge in [-0.2, -0.15) is 0 Å². The zero-order valence-electron chi connectivity index (χ0n) is 15.4. The minimum Gasteiger partial charge on any atom is -0.507 e. The van der Waals surface area contributed by atoms with Crippen molar-refractivity contribution in [1.29, 1.82) is 0 Å². The summed E-state index contributed by atoms with van der Waals surface area (Å²) in [5, 5.41) is 16.2. The van der Waals surface area contributed by atoms with Gasteiger partial charge in [0.1, 0.15) is 11.3 Å². The van der Waals surface area contributed by atoms with Crippen LogP contribution in [0.1, 0.15) is 31.4 Å². The van der Waals surface area contributed by atoms with Crippen LogP contribution in [0.5, 0.6) is 5.75 Å². The van der Waals surface area contributed by atoms with Gasteiger partial charge in [0.05, 0.1) is 5.56 Å². The number of hydrogen-bond acceptors (Lipinski definition) is 5. The summed E-state index contributed by atoms with van der Waals surface area (Å²) in [4.78, 5) is 16.0. The normalized spacial score (nSPS) is 10.8. The molecular formula is C20H21N3O3S. The largest absolute Gasteiger partial charge is 0.507 e. The van der Waals surface area contributed by atoms with Gasteiger partial charge in [0.2, 0.25) is 11.8 Å². The number of amides is 1. The van der Waals surface area contributed by atoms with Gasteiger partial charge < -0.3 is 20.2 Å². The number of fused-ring (bicyclic) bond motifs is 1. The summed E-state index contributed by atoms with van der Waals surface area (Å²) in [7, 11) is 0. The quantitative estimate of drug-likeness (QED) is 0.460. The van der Waals surface area contributed by atoms with Gasteiger partial charge in [-0.3, -0.25) is 4.79 Å². The Balaban J connectivity index is 1.96. The van der Waals surface area contributed by atoms with E-state index in [-0.39, 0.29) is 16.8 Å². The van der Waals surface area contributed by atoms with E-state index in [9.17, 15) is 9.90 Å². The predicted molar refractivity (Wildman–Crippen MR) is 110 cm³/mol. The van der Waals surface area contributed by atoms with Gasteiger partial charge in [-0.1, -0.05) is 19.9 Å². The molecule has 0 saturated heterocycles. The Hall–Kier alpha value is -2.93. The van der Waals surface area contributed by atoms with Crippen LogP contribution in [0.4, 0.5) is 5.69 Å². The zero-order chi connectivity index (χ0) is 19.6. The van der Waals surface area contributed by atoms with Crippen LogP contribution in [0.15, 0.2) is 34.7 Å². The Morgan fingerprint density at radius 1 is 1.26 bits per heavy atom. The Labute approximate surface area is 162 Å². The van der Waals surface area contributed by atoms with Gasteiger partial charge >= 0.3 is 0 Å². The maximum Gasteiger partial charge on any atom is 0.231 e. The van der Waals surface area contributed by atoms with E-state index in [4.69, 9.17) is 16.6 Å². The smallest absolute Gasteiger partial charge is 0.231 e. The lowest BCUT2D eigenvalue weighted by atomic mass is 10.1. The number of hydrogen-bond donors (Lipinski definition) is 3. The summed E-state index contributed by atoms with van der Waals surface area (Å²) >= 11 is 5.15. The minimum absolute atomic E-state index is 0.0892. The highest BCUT2D eigenvalue weighted by atomic mass is 32.1. The molecule has 6 nitrogen and oxygen atoms in total. The van der Waals surface area contributed by atoms with Crippen LogP contribution in [0, 0.1) is 6.92 Å². The molecule has 1 heterocycles. The van der Waals surface area contributed by atoms with Crippen LogP contribution in [-0.4, -0.2) is 21.1 Å². The third-order valence-corrected chi connectivity index (χ3v) is 4.43. The fourth-order valence-electron chi connectivity index (χ4n) is 2.70. The number of benzene rings is 2. The lowest BCUT2D eigenvalue weighted by Gasteiger charge is -2.12. The molecule has 7 heteroatoms. The van der Waals surface area contributed by atoms with Crippen molar-refractivity contribution >= 4 is 40.0 Å². The molecule has 0 aliphatic rings. The summed E-state index contributed by atoms with van der Waals surface area (Å²) in [6.45, 7) is 5.60. The average molecular weight is 383 g/mol. The minimum atomic E-state index is -0.172. The predicted octanol–water partition coefficient (Wildman–Crippen LogP) is 4.29. The van der Waals surface area contributed by atoms with Gasteiger partial charge in [0.15, 0.2) is 10.7 Å². The van der Waals surface area contributed by atoms with Crippen molar-refractivity contribution in [1.82, 2.24) is 10.3 Å². The van der Waals surface area contributed by atoms with Crippen molar-refractivity contribution < 1.29 is 14.3 Å². The highest BCUT2D eigenvalue weighted by molar-refractivity contribution is 7.80. The number of phenols is 1. The first-order valence-corrected chi connectivity index (χ1v) is 9.16. The molecule has 2 aromatic carbocycles. The number of carbonyl (C=O) groups is 1. The number of carbonyl (C=O) groups excluding carboxylic acids is 1. The lowest BCUT2D eigenvalue weighted by Crippen LogP contribution is -2.33. The molecule has 3 N–H and O–H groups in total. The Morgan fingerprint density at radius 2 is 2.04 bits per heavy atom. The van der Waals surface area contributed by atoms with Crippen molar-refractivity contribution in [2.45, 2.75) is 33.6 Å². The molecule has 1 amide bonds. The molecule has 0 atom stereocenters. The van der Waals surface area contributed by atoms with E-state index in [0.717, 1.165) is 17.5 Å². The van der Waals surface area contributed by atoms with E-state index in [1.54, 1.807) is 26.0 Å². The summed E-state index contributed by atoms with van der Waals surface area (Å²) in [5.41, 5.74) is 4.27. The van der Waals surface area contributed by atoms with Crippen molar-refractivity contribution in [2.75, 3.05) is 5.32 Å². The Kier molecular flexibility index (Phi) is 5.41. The summed E-state index contributed by atoms with van der Waals surface area (Å²) < 4.78 is 5.83. The maximum absolute atomic E-state index is 11.5. The summed E-state index contributed by atoms with van der Waals surface area (Å²) in [5.74, 6) is 0.242. The average Bonchev–Trinajstić information content (AvgIpc) is 3.07. The van der Waals surface area contributed by atoms with Crippen molar-refractivity contribution in [2.24, 2.45) is 0 Å². The monoisotopic (exact) mass is 383 g/mol. The van der Waals surface area contributed by atoms with Crippen molar-refractivity contribution in [3.63, 3.8) is 0 Å². The van der Waals surface area contributed by atoms with Crippen LogP contribution in [0.3, 0.4) is 0 Å². The molecule has 140 valence electrons. The molecule has 0 saturated carbocycles. The number of anilines is 1. The number of nitrogens with zero attached hydrogens (tertiary/aromatic N) is 1. The molecule has 0 spiro atoms. The number of phenolic OH excluding ortho intramolecular Hbond substituents is 1. The number of aromatic nitrogens is 1. The first kappa shape index (κ1) is 18.8. The Bertz CT molecular complexity index is 1030. The number of thiocarbonyl (C=S) groups is 1. The first-order chi connectivity index (χ1) is 12.9. The molecule has 3 aromatic rings. The van der Waals surface area contributed by atoms with E-state index in [2.05, 4.69) is 22.5 Å². The van der Waals surface area contributed by atoms with Gasteiger partial charge in [0, 0.05) is 12.1 Å². The van der Waals surface area contributed by atoms with Gasteiger partial charge in [-0.05, 0) is 61.0 Å². The fraction of sp³-hybridized carbons (Fsp3) is 0.250. The number of nitrogens with one attached hydrogen (secondary N) is 2. The van der Waals surface area contributed by atoms with E-state index >= 15 is 0 Å². The number of aromatic hydroxyl groups is 1. The molecule has 0 aliphatic heterocycles. The standard InChI is InChI=1S/C20H21N3O3S/c1-4-12-6-7-16-15(9-12)22-19(26-16)14-10-13(8-11(3)18(14)25)21-20(27)23-17(24)5-2/h6-10,25H,4-5H2,1-3H3,(H2,21,23,24,27). The van der Waals surface area contributed by atoms with Crippen LogP contribution in [-0.2, 0) is 11.2 Å². The second-order valence-electron chi connectivity index (χ2n) is 6.22. The maximum atomic E-state index is 11.5.